The summed E-state index contributed by atoms with van der Waals surface area (Å²) in [6, 6.07) is 9.03. The summed E-state index contributed by atoms with van der Waals surface area (Å²) in [6.45, 7) is 4.22. The van der Waals surface area contributed by atoms with Crippen LogP contribution in [0.2, 0.25) is 5.02 Å². The fraction of sp³-hybridized carbons (Fsp3) is 0.300. The van der Waals surface area contributed by atoms with Gasteiger partial charge >= 0.3 is 0 Å². The minimum atomic E-state index is -0.365. The van der Waals surface area contributed by atoms with E-state index in [1.807, 2.05) is 0 Å². The molecule has 2 aromatic carbocycles. The van der Waals surface area contributed by atoms with Crippen molar-refractivity contribution < 1.29 is 4.92 Å². The molecule has 0 radical (unpaired) electrons. The van der Waals surface area contributed by atoms with Crippen LogP contribution in [-0.2, 0) is 0 Å². The summed E-state index contributed by atoms with van der Waals surface area (Å²) < 4.78 is 0. The number of rotatable bonds is 2. The summed E-state index contributed by atoms with van der Waals surface area (Å²) in [7, 11) is 0. The summed E-state index contributed by atoms with van der Waals surface area (Å²) in [4.78, 5) is 10.8. The van der Waals surface area contributed by atoms with Crippen LogP contribution in [0.15, 0.2) is 42.5 Å². The second kappa shape index (κ2) is 5.88. The third-order valence-corrected chi connectivity index (χ3v) is 5.94. The molecule has 3 unspecified atom stereocenters. The fourth-order valence-electron chi connectivity index (χ4n) is 4.11. The monoisotopic (exact) mass is 354 g/mol. The maximum absolute atomic E-state index is 11.2. The van der Waals surface area contributed by atoms with Gasteiger partial charge in [0.25, 0.3) is 5.69 Å². The van der Waals surface area contributed by atoms with Gasteiger partial charge in [0, 0.05) is 34.3 Å². The third kappa shape index (κ3) is 2.52. The molecule has 0 fully saturated rings. The molecule has 0 aromatic heterocycles. The topological polar surface area (TPSA) is 55.2 Å². The van der Waals surface area contributed by atoms with Crippen LogP contribution in [0.5, 0.6) is 0 Å². The first kappa shape index (κ1) is 16.2. The number of nitro groups is 1. The van der Waals surface area contributed by atoms with Gasteiger partial charge in [0.2, 0.25) is 0 Å². The zero-order valence-corrected chi connectivity index (χ0v) is 14.9. The highest BCUT2D eigenvalue weighted by molar-refractivity contribution is 6.31. The SMILES string of the molecule is Cc1ccc2c(c1C)NC(c1cc([N+](=O)[O-])ccc1Cl)C1CC=CC21. The van der Waals surface area contributed by atoms with Crippen molar-refractivity contribution in [2.24, 2.45) is 5.92 Å². The number of allylic oxidation sites excluding steroid dienone is 2. The highest BCUT2D eigenvalue weighted by Gasteiger charge is 2.39. The maximum atomic E-state index is 11.2. The molecule has 25 heavy (non-hydrogen) atoms. The number of anilines is 1. The van der Waals surface area contributed by atoms with Crippen LogP contribution in [0, 0.1) is 29.9 Å². The number of halogens is 1. The van der Waals surface area contributed by atoms with Crippen LogP contribution in [0.4, 0.5) is 11.4 Å². The van der Waals surface area contributed by atoms with Crippen LogP contribution < -0.4 is 5.32 Å². The van der Waals surface area contributed by atoms with Crippen LogP contribution >= 0.6 is 11.6 Å². The lowest BCUT2D eigenvalue weighted by atomic mass is 9.76. The van der Waals surface area contributed by atoms with Crippen molar-refractivity contribution >= 4 is 23.0 Å². The Morgan fingerprint density at radius 1 is 1.20 bits per heavy atom. The van der Waals surface area contributed by atoms with Crippen LogP contribution in [-0.4, -0.2) is 4.92 Å². The molecular formula is C20H19ClN2O2. The molecule has 3 atom stereocenters. The molecule has 1 aliphatic heterocycles. The predicted octanol–water partition coefficient (Wildman–Crippen LogP) is 5.69. The van der Waals surface area contributed by atoms with Gasteiger partial charge in [0.1, 0.15) is 0 Å². The zero-order valence-electron chi connectivity index (χ0n) is 14.1. The number of benzene rings is 2. The number of nitrogens with zero attached hydrogens (tertiary/aromatic N) is 1. The molecule has 0 amide bonds. The first-order chi connectivity index (χ1) is 12.0. The predicted molar refractivity (Wildman–Crippen MR) is 100 cm³/mol. The minimum Gasteiger partial charge on any atom is -0.377 e. The average molecular weight is 355 g/mol. The van der Waals surface area contributed by atoms with Crippen LogP contribution in [0.3, 0.4) is 0 Å². The molecule has 2 aliphatic rings. The van der Waals surface area contributed by atoms with Gasteiger partial charge in [-0.15, -0.1) is 0 Å². The normalized spacial score (nSPS) is 23.7. The lowest BCUT2D eigenvalue weighted by molar-refractivity contribution is -0.384. The molecule has 2 aromatic rings. The summed E-state index contributed by atoms with van der Waals surface area (Å²) in [5, 5.41) is 15.4. The number of hydrogen-bond donors (Lipinski definition) is 1. The Labute approximate surface area is 151 Å². The second-order valence-electron chi connectivity index (χ2n) is 6.91. The van der Waals surface area contributed by atoms with Crippen molar-refractivity contribution in [2.75, 3.05) is 5.32 Å². The van der Waals surface area contributed by atoms with Gasteiger partial charge in [-0.05, 0) is 48.9 Å². The van der Waals surface area contributed by atoms with E-state index in [-0.39, 0.29) is 16.7 Å². The smallest absolute Gasteiger partial charge is 0.269 e. The number of non-ortho nitro benzene ring substituents is 1. The fourth-order valence-corrected chi connectivity index (χ4v) is 4.34. The largest absolute Gasteiger partial charge is 0.377 e. The van der Waals surface area contributed by atoms with E-state index in [1.54, 1.807) is 12.1 Å². The van der Waals surface area contributed by atoms with Crippen molar-refractivity contribution in [1.82, 2.24) is 0 Å². The standard InChI is InChI=1S/C20H19ClN2O2/c1-11-6-8-16-14-4-3-5-15(14)20(22-19(16)12(11)2)17-10-13(23(24)25)7-9-18(17)21/h3-4,6-10,14-15,20,22H,5H2,1-2H3. The molecule has 1 aliphatic carbocycles. The van der Waals surface area contributed by atoms with Crippen molar-refractivity contribution in [2.45, 2.75) is 32.2 Å². The van der Waals surface area contributed by atoms with Gasteiger partial charge in [-0.3, -0.25) is 10.1 Å². The Bertz CT molecular complexity index is 907. The van der Waals surface area contributed by atoms with E-state index >= 15 is 0 Å². The number of nitrogens with one attached hydrogen (secondary N) is 1. The molecule has 1 heterocycles. The van der Waals surface area contributed by atoms with Gasteiger partial charge < -0.3 is 5.32 Å². The molecule has 5 heteroatoms. The Morgan fingerprint density at radius 3 is 2.76 bits per heavy atom. The molecule has 4 nitrogen and oxygen atoms in total. The first-order valence-electron chi connectivity index (χ1n) is 8.44. The van der Waals surface area contributed by atoms with E-state index in [1.165, 1.54) is 22.8 Å². The Morgan fingerprint density at radius 2 is 2.00 bits per heavy atom. The van der Waals surface area contributed by atoms with Gasteiger partial charge in [-0.2, -0.15) is 0 Å². The van der Waals surface area contributed by atoms with Crippen molar-refractivity contribution in [3.05, 3.63) is 79.9 Å². The number of hydrogen-bond acceptors (Lipinski definition) is 3. The Balaban J connectivity index is 1.86. The zero-order chi connectivity index (χ0) is 17.7. The van der Waals surface area contributed by atoms with Crippen molar-refractivity contribution in [1.29, 1.82) is 0 Å². The Hall–Kier alpha value is -2.33. The average Bonchev–Trinajstić information content (AvgIpc) is 3.07. The molecule has 0 spiro atoms. The first-order valence-corrected chi connectivity index (χ1v) is 8.82. The maximum Gasteiger partial charge on any atom is 0.269 e. The van der Waals surface area contributed by atoms with Crippen LogP contribution in [0.25, 0.3) is 0 Å². The quantitative estimate of drug-likeness (QED) is 0.428. The van der Waals surface area contributed by atoms with Crippen molar-refractivity contribution in [3.8, 4) is 0 Å². The highest BCUT2D eigenvalue weighted by Crippen LogP contribution is 2.52. The lowest BCUT2D eigenvalue weighted by Gasteiger charge is -2.39. The highest BCUT2D eigenvalue weighted by atomic mass is 35.5. The lowest BCUT2D eigenvalue weighted by Crippen LogP contribution is -2.30. The summed E-state index contributed by atoms with van der Waals surface area (Å²) in [5.74, 6) is 0.630. The molecule has 4 rings (SSSR count). The van der Waals surface area contributed by atoms with Gasteiger partial charge in [0.15, 0.2) is 0 Å². The number of nitro benzene ring substituents is 1. The van der Waals surface area contributed by atoms with E-state index in [9.17, 15) is 10.1 Å². The Kier molecular flexibility index (Phi) is 3.80. The van der Waals surface area contributed by atoms with E-state index in [4.69, 9.17) is 11.6 Å². The molecule has 128 valence electrons. The molecular weight excluding hydrogens is 336 g/mol. The van der Waals surface area contributed by atoms with Crippen LogP contribution in [0.1, 0.15) is 40.6 Å². The summed E-state index contributed by atoms with van der Waals surface area (Å²) >= 11 is 6.44. The van der Waals surface area contributed by atoms with Gasteiger partial charge in [-0.25, -0.2) is 0 Å². The second-order valence-corrected chi connectivity index (χ2v) is 7.32. The molecule has 0 saturated heterocycles. The molecule has 0 saturated carbocycles. The third-order valence-electron chi connectivity index (χ3n) is 5.59. The van der Waals surface area contributed by atoms with Crippen molar-refractivity contribution in [3.63, 3.8) is 0 Å². The summed E-state index contributed by atoms with van der Waals surface area (Å²) in [5.41, 5.74) is 5.79. The van der Waals surface area contributed by atoms with E-state index in [2.05, 4.69) is 43.4 Å². The number of fused-ring (bicyclic) bond motifs is 3. The van der Waals surface area contributed by atoms with E-state index in [0.29, 0.717) is 16.9 Å². The summed E-state index contributed by atoms with van der Waals surface area (Å²) in [6.07, 6.45) is 5.41. The minimum absolute atomic E-state index is 0.0413. The molecule has 0 bridgehead atoms. The van der Waals surface area contributed by atoms with Gasteiger partial charge in [-0.1, -0.05) is 35.9 Å². The van der Waals surface area contributed by atoms with E-state index in [0.717, 1.165) is 17.7 Å². The molecule has 1 N–H and O–H groups in total. The van der Waals surface area contributed by atoms with E-state index < -0.39 is 0 Å². The van der Waals surface area contributed by atoms with Gasteiger partial charge in [0.05, 0.1) is 11.0 Å². The number of aryl methyl sites for hydroxylation is 1.